The van der Waals surface area contributed by atoms with Gasteiger partial charge in [0, 0.05) is 26.6 Å². The predicted molar refractivity (Wildman–Crippen MR) is 79.5 cm³/mol. The number of carbonyl (C=O) groups excluding carboxylic acids is 1. The van der Waals surface area contributed by atoms with Crippen LogP contribution in [-0.2, 0) is 4.79 Å². The van der Waals surface area contributed by atoms with Crippen LogP contribution in [0, 0.1) is 24.2 Å². The monoisotopic (exact) mass is 271 g/mol. The largest absolute Gasteiger partial charge is 0.370 e. The Hall–Kier alpha value is -2.02. The summed E-state index contributed by atoms with van der Waals surface area (Å²) in [5.41, 5.74) is 2.91. The minimum absolute atomic E-state index is 0.0396. The molecule has 0 spiro atoms. The first kappa shape index (κ1) is 14.4. The van der Waals surface area contributed by atoms with Gasteiger partial charge in [-0.15, -0.1) is 0 Å². The molecule has 1 saturated heterocycles. The molecule has 1 aromatic carbocycles. The molecule has 0 radical (unpaired) electrons. The summed E-state index contributed by atoms with van der Waals surface area (Å²) in [7, 11) is 0. The van der Waals surface area contributed by atoms with Crippen LogP contribution in [0.25, 0.3) is 0 Å². The van der Waals surface area contributed by atoms with Crippen LogP contribution in [0.3, 0.4) is 0 Å². The quantitative estimate of drug-likeness (QED) is 0.917. The van der Waals surface area contributed by atoms with E-state index < -0.39 is 0 Å². The molecular formula is C16H21N3O. The molecule has 1 aliphatic heterocycles. The Balaban J connectivity index is 1.97. The molecule has 0 unspecified atom stereocenters. The van der Waals surface area contributed by atoms with Crippen LogP contribution in [0.4, 0.5) is 5.69 Å². The van der Waals surface area contributed by atoms with Crippen molar-refractivity contribution in [2.75, 3.05) is 24.5 Å². The summed E-state index contributed by atoms with van der Waals surface area (Å²) < 4.78 is 0. The third kappa shape index (κ3) is 3.51. The molecule has 1 aliphatic rings. The Kier molecular flexibility index (Phi) is 4.62. The summed E-state index contributed by atoms with van der Waals surface area (Å²) in [4.78, 5) is 13.2. The minimum atomic E-state index is 0.0396. The summed E-state index contributed by atoms with van der Waals surface area (Å²) in [6, 6.07) is 8.33. The molecule has 4 heteroatoms. The first-order valence-electron chi connectivity index (χ1n) is 7.10. The zero-order chi connectivity index (χ0) is 14.5. The van der Waals surface area contributed by atoms with E-state index in [0.29, 0.717) is 5.92 Å². The van der Waals surface area contributed by atoms with Crippen molar-refractivity contribution in [2.24, 2.45) is 5.92 Å². The fourth-order valence-electron chi connectivity index (χ4n) is 2.68. The average molecular weight is 271 g/mol. The third-order valence-electron chi connectivity index (χ3n) is 3.87. The number of amides is 1. The first-order valence-corrected chi connectivity index (χ1v) is 7.10. The van der Waals surface area contributed by atoms with Crippen LogP contribution in [0.15, 0.2) is 18.2 Å². The van der Waals surface area contributed by atoms with Crippen molar-refractivity contribution in [1.82, 2.24) is 5.32 Å². The van der Waals surface area contributed by atoms with Crippen molar-refractivity contribution in [3.05, 3.63) is 29.3 Å². The van der Waals surface area contributed by atoms with Crippen LogP contribution >= 0.6 is 0 Å². The summed E-state index contributed by atoms with van der Waals surface area (Å²) in [5.74, 6) is 0.587. The van der Waals surface area contributed by atoms with E-state index in [1.807, 2.05) is 19.1 Å². The molecule has 0 atom stereocenters. The molecule has 1 aromatic rings. The van der Waals surface area contributed by atoms with E-state index in [-0.39, 0.29) is 5.91 Å². The number of nitriles is 1. The molecule has 1 fully saturated rings. The van der Waals surface area contributed by atoms with Gasteiger partial charge in [0.05, 0.1) is 11.3 Å². The normalized spacial score (nSPS) is 15.8. The molecule has 1 N–H and O–H groups in total. The fourth-order valence-corrected chi connectivity index (χ4v) is 2.68. The lowest BCUT2D eigenvalue weighted by molar-refractivity contribution is -0.119. The Morgan fingerprint density at radius 1 is 1.45 bits per heavy atom. The smallest absolute Gasteiger partial charge is 0.216 e. The standard InChI is InChI=1S/C16H21N3O/c1-12-3-4-16(15(9-12)10-17)19-7-5-14(6-8-19)11-18-13(2)20/h3-4,9,14H,5-8,11H2,1-2H3,(H,18,20). The Morgan fingerprint density at radius 2 is 2.15 bits per heavy atom. The lowest BCUT2D eigenvalue weighted by Crippen LogP contribution is -2.38. The number of hydrogen-bond acceptors (Lipinski definition) is 3. The van der Waals surface area contributed by atoms with Crippen LogP contribution in [0.1, 0.15) is 30.9 Å². The van der Waals surface area contributed by atoms with E-state index in [1.54, 1.807) is 6.92 Å². The van der Waals surface area contributed by atoms with Crippen LogP contribution in [0.5, 0.6) is 0 Å². The summed E-state index contributed by atoms with van der Waals surface area (Å²) in [6.45, 7) is 6.22. The highest BCUT2D eigenvalue weighted by molar-refractivity contribution is 5.72. The maximum absolute atomic E-state index is 10.9. The molecule has 4 nitrogen and oxygen atoms in total. The number of benzene rings is 1. The first-order chi connectivity index (χ1) is 9.60. The molecule has 0 bridgehead atoms. The van der Waals surface area contributed by atoms with E-state index in [4.69, 9.17) is 0 Å². The SMILES string of the molecule is CC(=O)NCC1CCN(c2ccc(C)cc2C#N)CC1. The molecule has 2 rings (SSSR count). The number of anilines is 1. The van der Waals surface area contributed by atoms with Gasteiger partial charge in [0.2, 0.25) is 5.91 Å². The van der Waals surface area contributed by atoms with Gasteiger partial charge in [-0.2, -0.15) is 5.26 Å². The van der Waals surface area contributed by atoms with E-state index in [2.05, 4.69) is 22.4 Å². The fraction of sp³-hybridized carbons (Fsp3) is 0.500. The number of piperidine rings is 1. The van der Waals surface area contributed by atoms with Gasteiger partial charge in [0.1, 0.15) is 6.07 Å². The summed E-state index contributed by atoms with van der Waals surface area (Å²) in [6.07, 6.45) is 2.11. The molecule has 20 heavy (non-hydrogen) atoms. The highest BCUT2D eigenvalue weighted by Gasteiger charge is 2.21. The van der Waals surface area contributed by atoms with Gasteiger partial charge in [-0.3, -0.25) is 4.79 Å². The summed E-state index contributed by atoms with van der Waals surface area (Å²) >= 11 is 0. The van der Waals surface area contributed by atoms with Crippen molar-refractivity contribution < 1.29 is 4.79 Å². The lowest BCUT2D eigenvalue weighted by Gasteiger charge is -2.34. The van der Waals surface area contributed by atoms with Crippen LogP contribution in [-0.4, -0.2) is 25.5 Å². The second kappa shape index (κ2) is 6.42. The minimum Gasteiger partial charge on any atom is -0.370 e. The van der Waals surface area contributed by atoms with Crippen LogP contribution < -0.4 is 10.2 Å². The molecular weight excluding hydrogens is 250 g/mol. The second-order valence-electron chi connectivity index (χ2n) is 5.50. The molecule has 0 saturated carbocycles. The van der Waals surface area contributed by atoms with E-state index >= 15 is 0 Å². The Labute approximate surface area is 120 Å². The number of nitrogens with zero attached hydrogens (tertiary/aromatic N) is 2. The second-order valence-corrected chi connectivity index (χ2v) is 5.50. The molecule has 1 heterocycles. The lowest BCUT2D eigenvalue weighted by atomic mass is 9.95. The van der Waals surface area contributed by atoms with Crippen molar-refractivity contribution >= 4 is 11.6 Å². The maximum Gasteiger partial charge on any atom is 0.216 e. The molecule has 0 aliphatic carbocycles. The van der Waals surface area contributed by atoms with Gasteiger partial charge >= 0.3 is 0 Å². The number of nitrogens with one attached hydrogen (secondary N) is 1. The maximum atomic E-state index is 10.9. The Morgan fingerprint density at radius 3 is 2.75 bits per heavy atom. The van der Waals surface area contributed by atoms with Crippen molar-refractivity contribution in [3.63, 3.8) is 0 Å². The highest BCUT2D eigenvalue weighted by atomic mass is 16.1. The molecule has 1 amide bonds. The van der Waals surface area contributed by atoms with Gasteiger partial charge in [-0.05, 0) is 43.4 Å². The Bertz CT molecular complexity index is 525. The van der Waals surface area contributed by atoms with Gasteiger partial charge in [0.15, 0.2) is 0 Å². The van der Waals surface area contributed by atoms with Crippen molar-refractivity contribution in [3.8, 4) is 6.07 Å². The van der Waals surface area contributed by atoms with E-state index in [1.165, 1.54) is 0 Å². The van der Waals surface area contributed by atoms with Crippen LogP contribution in [0.2, 0.25) is 0 Å². The van der Waals surface area contributed by atoms with Gasteiger partial charge in [0.25, 0.3) is 0 Å². The molecule has 106 valence electrons. The predicted octanol–water partition coefficient (Wildman–Crippen LogP) is 2.22. The van der Waals surface area contributed by atoms with Crippen molar-refractivity contribution in [1.29, 1.82) is 5.26 Å². The highest BCUT2D eigenvalue weighted by Crippen LogP contribution is 2.26. The number of carbonyl (C=O) groups is 1. The summed E-state index contributed by atoms with van der Waals surface area (Å²) in [5, 5.41) is 12.1. The number of aryl methyl sites for hydroxylation is 1. The average Bonchev–Trinajstić information content (AvgIpc) is 2.45. The topological polar surface area (TPSA) is 56.1 Å². The van der Waals surface area contributed by atoms with Gasteiger partial charge in [-0.1, -0.05) is 6.07 Å². The molecule has 0 aromatic heterocycles. The number of rotatable bonds is 3. The van der Waals surface area contributed by atoms with Gasteiger partial charge < -0.3 is 10.2 Å². The third-order valence-corrected chi connectivity index (χ3v) is 3.87. The number of hydrogen-bond donors (Lipinski definition) is 1. The zero-order valence-electron chi connectivity index (χ0n) is 12.1. The zero-order valence-corrected chi connectivity index (χ0v) is 12.1. The van der Waals surface area contributed by atoms with Gasteiger partial charge in [-0.25, -0.2) is 0 Å². The van der Waals surface area contributed by atoms with E-state index in [9.17, 15) is 10.1 Å². The van der Waals surface area contributed by atoms with E-state index in [0.717, 1.165) is 49.3 Å². The van der Waals surface area contributed by atoms with Crippen molar-refractivity contribution in [2.45, 2.75) is 26.7 Å².